The van der Waals surface area contributed by atoms with Crippen molar-refractivity contribution >= 4 is 5.97 Å². The van der Waals surface area contributed by atoms with Crippen LogP contribution in [0.3, 0.4) is 0 Å². The lowest BCUT2D eigenvalue weighted by Crippen LogP contribution is -2.13. The zero-order valence-electron chi connectivity index (χ0n) is 14.3. The Hall–Kier alpha value is -1.04. The van der Waals surface area contributed by atoms with Crippen LogP contribution in [0.15, 0.2) is 0 Å². The lowest BCUT2D eigenvalue weighted by atomic mass is 9.88. The highest BCUT2D eigenvalue weighted by atomic mass is 16.5. The smallest absolute Gasteiger partial charge is 0.309 e. The lowest BCUT2D eigenvalue weighted by Gasteiger charge is -2.16. The van der Waals surface area contributed by atoms with Crippen LogP contribution < -0.4 is 0 Å². The van der Waals surface area contributed by atoms with Crippen LogP contribution in [0.25, 0.3) is 0 Å². The van der Waals surface area contributed by atoms with Gasteiger partial charge in [-0.1, -0.05) is 47.0 Å². The number of carbonyl (C=O) groups is 1. The molecule has 0 saturated heterocycles. The summed E-state index contributed by atoms with van der Waals surface area (Å²) in [6.07, 6.45) is 4.59. The molecule has 1 saturated carbocycles. The second-order valence-corrected chi connectivity index (χ2v) is 7.12. The third-order valence-electron chi connectivity index (χ3n) is 4.77. The molecule has 5 atom stereocenters. The average Bonchev–Trinajstić information content (AvgIpc) is 3.07. The van der Waals surface area contributed by atoms with E-state index in [-0.39, 0.29) is 23.7 Å². The summed E-state index contributed by atoms with van der Waals surface area (Å²) in [4.78, 5) is 11.8. The Balaban J connectivity index is 2.42. The SMILES string of the molecule is CCOC(=O)C1C(C)C1C(C#N)CC(C)CCCC(C)C. The van der Waals surface area contributed by atoms with Crippen LogP contribution in [-0.2, 0) is 9.53 Å². The molecule has 0 amide bonds. The number of nitrogens with zero attached hydrogens (tertiary/aromatic N) is 1. The summed E-state index contributed by atoms with van der Waals surface area (Å²) in [5.41, 5.74) is 0. The highest BCUT2D eigenvalue weighted by Crippen LogP contribution is 2.52. The van der Waals surface area contributed by atoms with E-state index in [0.29, 0.717) is 18.4 Å². The van der Waals surface area contributed by atoms with E-state index >= 15 is 0 Å². The van der Waals surface area contributed by atoms with Crippen molar-refractivity contribution in [3.63, 3.8) is 0 Å². The minimum absolute atomic E-state index is 0.00320. The highest BCUT2D eigenvalue weighted by Gasteiger charge is 2.56. The van der Waals surface area contributed by atoms with Gasteiger partial charge in [-0.15, -0.1) is 0 Å². The standard InChI is InChI=1S/C18H31NO2/c1-6-21-18(20)17-14(5)16(17)15(11-19)10-13(4)9-7-8-12(2)3/h12-17H,6-10H2,1-5H3. The Morgan fingerprint density at radius 1 is 1.29 bits per heavy atom. The third-order valence-corrected chi connectivity index (χ3v) is 4.77. The number of rotatable bonds is 9. The van der Waals surface area contributed by atoms with Gasteiger partial charge in [-0.2, -0.15) is 5.26 Å². The van der Waals surface area contributed by atoms with Gasteiger partial charge in [-0.3, -0.25) is 4.79 Å². The first-order chi connectivity index (χ1) is 9.92. The molecule has 0 aromatic rings. The van der Waals surface area contributed by atoms with E-state index in [0.717, 1.165) is 12.3 Å². The van der Waals surface area contributed by atoms with Gasteiger partial charge >= 0.3 is 5.97 Å². The first-order valence-electron chi connectivity index (χ1n) is 8.48. The van der Waals surface area contributed by atoms with Gasteiger partial charge in [0.25, 0.3) is 0 Å². The van der Waals surface area contributed by atoms with Crippen LogP contribution in [0.1, 0.15) is 60.3 Å². The molecule has 1 rings (SSSR count). The van der Waals surface area contributed by atoms with Crippen LogP contribution in [0, 0.1) is 46.8 Å². The second-order valence-electron chi connectivity index (χ2n) is 7.12. The minimum Gasteiger partial charge on any atom is -0.466 e. The molecule has 0 radical (unpaired) electrons. The van der Waals surface area contributed by atoms with Crippen LogP contribution in [0.5, 0.6) is 0 Å². The highest BCUT2D eigenvalue weighted by molar-refractivity contribution is 5.76. The van der Waals surface area contributed by atoms with E-state index in [4.69, 9.17) is 4.74 Å². The number of hydrogen-bond acceptors (Lipinski definition) is 3. The minimum atomic E-state index is -0.109. The Labute approximate surface area is 130 Å². The molecule has 0 aromatic carbocycles. The zero-order chi connectivity index (χ0) is 16.0. The summed E-state index contributed by atoms with van der Waals surface area (Å²) in [5.74, 6) is 1.67. The molecule has 3 heteroatoms. The largest absolute Gasteiger partial charge is 0.466 e. The number of carbonyl (C=O) groups excluding carboxylic acids is 1. The molecule has 21 heavy (non-hydrogen) atoms. The molecule has 120 valence electrons. The summed E-state index contributed by atoms with van der Waals surface area (Å²) < 4.78 is 5.11. The number of esters is 1. The molecule has 0 aromatic heterocycles. The van der Waals surface area contributed by atoms with Crippen molar-refractivity contribution in [2.24, 2.45) is 35.5 Å². The molecular formula is C18H31NO2. The quantitative estimate of drug-likeness (QED) is 0.591. The molecule has 1 aliphatic carbocycles. The lowest BCUT2D eigenvalue weighted by molar-refractivity contribution is -0.145. The molecule has 0 bridgehead atoms. The maximum absolute atomic E-state index is 11.8. The van der Waals surface area contributed by atoms with Crippen molar-refractivity contribution in [1.82, 2.24) is 0 Å². The van der Waals surface area contributed by atoms with Crippen molar-refractivity contribution in [3.05, 3.63) is 0 Å². The summed E-state index contributed by atoms with van der Waals surface area (Å²) in [5, 5.41) is 9.44. The van der Waals surface area contributed by atoms with Gasteiger partial charge in [0.15, 0.2) is 0 Å². The Kier molecular flexibility index (Phi) is 7.22. The van der Waals surface area contributed by atoms with E-state index < -0.39 is 0 Å². The average molecular weight is 293 g/mol. The first kappa shape index (κ1) is 18.0. The van der Waals surface area contributed by atoms with Crippen LogP contribution in [-0.4, -0.2) is 12.6 Å². The maximum Gasteiger partial charge on any atom is 0.309 e. The molecule has 0 N–H and O–H groups in total. The van der Waals surface area contributed by atoms with E-state index in [1.807, 2.05) is 6.92 Å². The molecular weight excluding hydrogens is 262 g/mol. The van der Waals surface area contributed by atoms with Crippen LogP contribution >= 0.6 is 0 Å². The van der Waals surface area contributed by atoms with Gasteiger partial charge in [-0.05, 0) is 37.0 Å². The summed E-state index contributed by atoms with van der Waals surface area (Å²) in [6.45, 7) is 11.1. The van der Waals surface area contributed by atoms with Crippen molar-refractivity contribution in [2.45, 2.75) is 60.3 Å². The van der Waals surface area contributed by atoms with E-state index in [9.17, 15) is 10.1 Å². The molecule has 1 aliphatic rings. The van der Waals surface area contributed by atoms with Gasteiger partial charge in [0, 0.05) is 0 Å². The molecule has 1 fully saturated rings. The number of hydrogen-bond donors (Lipinski definition) is 0. The predicted octanol–water partition coefficient (Wildman–Crippen LogP) is 4.42. The maximum atomic E-state index is 11.8. The molecule has 0 heterocycles. The third kappa shape index (κ3) is 5.34. The van der Waals surface area contributed by atoms with E-state index in [2.05, 4.69) is 33.8 Å². The Morgan fingerprint density at radius 2 is 1.95 bits per heavy atom. The van der Waals surface area contributed by atoms with Crippen LogP contribution in [0.2, 0.25) is 0 Å². The monoisotopic (exact) mass is 293 g/mol. The predicted molar refractivity (Wildman–Crippen MR) is 84.4 cm³/mol. The second kappa shape index (κ2) is 8.41. The normalized spacial score (nSPS) is 27.0. The van der Waals surface area contributed by atoms with Gasteiger partial charge in [0.1, 0.15) is 0 Å². The molecule has 3 nitrogen and oxygen atoms in total. The molecule has 0 spiro atoms. The van der Waals surface area contributed by atoms with Crippen molar-refractivity contribution in [1.29, 1.82) is 5.26 Å². The van der Waals surface area contributed by atoms with Gasteiger partial charge in [-0.25, -0.2) is 0 Å². The number of ether oxygens (including phenoxy) is 1. The summed E-state index contributed by atoms with van der Waals surface area (Å²) in [6, 6.07) is 2.44. The Morgan fingerprint density at radius 3 is 2.48 bits per heavy atom. The fourth-order valence-electron chi connectivity index (χ4n) is 3.44. The molecule has 5 unspecified atom stereocenters. The van der Waals surface area contributed by atoms with Crippen molar-refractivity contribution in [3.8, 4) is 6.07 Å². The summed E-state index contributed by atoms with van der Waals surface area (Å²) >= 11 is 0. The Bertz CT molecular complexity index is 372. The van der Waals surface area contributed by atoms with Crippen molar-refractivity contribution < 1.29 is 9.53 Å². The van der Waals surface area contributed by atoms with E-state index in [1.165, 1.54) is 19.3 Å². The number of nitriles is 1. The van der Waals surface area contributed by atoms with E-state index in [1.54, 1.807) is 0 Å². The van der Waals surface area contributed by atoms with Gasteiger partial charge in [0.05, 0.1) is 24.5 Å². The first-order valence-corrected chi connectivity index (χ1v) is 8.48. The molecule has 0 aliphatic heterocycles. The van der Waals surface area contributed by atoms with Gasteiger partial charge in [0.2, 0.25) is 0 Å². The topological polar surface area (TPSA) is 50.1 Å². The fraction of sp³-hybridized carbons (Fsp3) is 0.889. The summed E-state index contributed by atoms with van der Waals surface area (Å²) in [7, 11) is 0. The van der Waals surface area contributed by atoms with Crippen molar-refractivity contribution in [2.75, 3.05) is 6.61 Å². The van der Waals surface area contributed by atoms with Crippen LogP contribution in [0.4, 0.5) is 0 Å². The zero-order valence-corrected chi connectivity index (χ0v) is 14.3. The fourth-order valence-corrected chi connectivity index (χ4v) is 3.44. The van der Waals surface area contributed by atoms with Gasteiger partial charge < -0.3 is 4.74 Å².